The van der Waals surface area contributed by atoms with Crippen LogP contribution in [0.2, 0.25) is 0 Å². The van der Waals surface area contributed by atoms with Crippen LogP contribution in [0, 0.1) is 0 Å². The zero-order valence-corrected chi connectivity index (χ0v) is 32.0. The van der Waals surface area contributed by atoms with Crippen molar-refractivity contribution >= 4 is 81.9 Å². The van der Waals surface area contributed by atoms with Gasteiger partial charge in [0.05, 0.1) is 30.1 Å². The number of carbonyl (C=O) groups excluding carboxylic acids is 6. The second-order valence-corrected chi connectivity index (χ2v) is 14.3. The van der Waals surface area contributed by atoms with Gasteiger partial charge in [-0.25, -0.2) is 14.8 Å². The number of nitrogens with one attached hydrogen (secondary N) is 6. The van der Waals surface area contributed by atoms with E-state index in [-0.39, 0.29) is 48.7 Å². The summed E-state index contributed by atoms with van der Waals surface area (Å²) in [5.74, 6) is -7.65. The highest BCUT2D eigenvalue weighted by Crippen LogP contribution is 2.24. The molecule has 310 valence electrons. The van der Waals surface area contributed by atoms with Crippen molar-refractivity contribution in [2.24, 2.45) is 5.73 Å². The van der Waals surface area contributed by atoms with Crippen LogP contribution in [0.4, 0.5) is 11.6 Å². The summed E-state index contributed by atoms with van der Waals surface area (Å²) in [4.78, 5) is 127. The highest BCUT2D eigenvalue weighted by molar-refractivity contribution is 8.00. The normalized spacial score (nSPS) is 15.8. The molecule has 4 rings (SSSR count). The second kappa shape index (κ2) is 19.9. The van der Waals surface area contributed by atoms with Gasteiger partial charge in [-0.15, -0.1) is 11.8 Å². The SMILES string of the molecule is C[C@H](CCC(=O)N[C@@H](CN)C(=O)N[C@@H](CC(=O)O)C(=O)N[C@@H](CSC1CC(=O)N(C)C1=O)C(=O)O)NC(=O)c1ccc(NCc2cnc3nc(N)[nH]c(=O)c3n2)cc1. The smallest absolute Gasteiger partial charge is 0.327 e. The van der Waals surface area contributed by atoms with Gasteiger partial charge in [0.25, 0.3) is 11.5 Å². The summed E-state index contributed by atoms with van der Waals surface area (Å²) in [6, 6.07) is 1.18. The number of carboxylic acid groups (broad SMARTS) is 2. The Hall–Kier alpha value is -6.69. The Morgan fingerprint density at radius 2 is 1.64 bits per heavy atom. The van der Waals surface area contributed by atoms with Gasteiger partial charge in [-0.05, 0) is 37.6 Å². The number of nitrogens with zero attached hydrogens (tertiary/aromatic N) is 4. The number of fused-ring (bicyclic) bond motifs is 1. The molecular weight excluding hydrogens is 785 g/mol. The van der Waals surface area contributed by atoms with Gasteiger partial charge < -0.3 is 48.3 Å². The number of nitrogens with two attached hydrogens (primary N) is 2. The van der Waals surface area contributed by atoms with Gasteiger partial charge in [-0.1, -0.05) is 0 Å². The van der Waals surface area contributed by atoms with Crippen molar-refractivity contribution in [3.63, 3.8) is 0 Å². The Kier molecular flexibility index (Phi) is 15.1. The molecule has 0 radical (unpaired) electrons. The van der Waals surface area contributed by atoms with E-state index in [1.165, 1.54) is 13.2 Å². The molecule has 3 heterocycles. The third kappa shape index (κ3) is 12.2. The van der Waals surface area contributed by atoms with Gasteiger partial charge in [0.1, 0.15) is 18.1 Å². The Bertz CT molecular complexity index is 2130. The summed E-state index contributed by atoms with van der Waals surface area (Å²) in [5, 5.41) is 30.7. The molecule has 6 amide bonds. The molecule has 12 N–H and O–H groups in total. The highest BCUT2D eigenvalue weighted by Gasteiger charge is 2.38. The number of aromatic nitrogens is 4. The lowest BCUT2D eigenvalue weighted by atomic mass is 10.1. The molecule has 1 aliphatic heterocycles. The highest BCUT2D eigenvalue weighted by atomic mass is 32.2. The number of amides is 6. The van der Waals surface area contributed by atoms with E-state index in [9.17, 15) is 53.4 Å². The topological polar surface area (TPSA) is 364 Å². The Morgan fingerprint density at radius 3 is 2.26 bits per heavy atom. The van der Waals surface area contributed by atoms with Gasteiger partial charge in [-0.2, -0.15) is 4.98 Å². The molecule has 24 heteroatoms. The van der Waals surface area contributed by atoms with Crippen molar-refractivity contribution in [2.45, 2.75) is 68.6 Å². The standard InChI is InChI=1S/C34H42N12O11S/c1-15(39-28(51)16-4-6-17(7-5-16)37-12-18-13-38-27-26(40-18)31(54)45-34(36)44-27)3-8-23(47)41-20(11-35)30(53)42-19(9-25(49)50)29(52)43-21(33(56)57)14-58-22-10-24(48)46(2)32(22)55/h4-7,13,15,19-22,37H,3,8-12,14,35H2,1-2H3,(H,39,51)(H,41,47)(H,42,53)(H,43,52)(H,49,50)(H,56,57)(H3,36,38,44,45,54)/t15-,19+,20+,21+,22?/m1/s1. The molecule has 1 unspecified atom stereocenters. The number of aromatic amines is 1. The molecular formula is C34H42N12O11S. The number of hydrogen-bond donors (Lipinski definition) is 10. The molecule has 0 spiro atoms. The van der Waals surface area contributed by atoms with E-state index < -0.39 is 95.3 Å². The van der Waals surface area contributed by atoms with Crippen molar-refractivity contribution in [2.75, 3.05) is 30.4 Å². The Balaban J connectivity index is 1.23. The van der Waals surface area contributed by atoms with Crippen LogP contribution < -0.4 is 43.6 Å². The van der Waals surface area contributed by atoms with Crippen molar-refractivity contribution < 1.29 is 48.6 Å². The quantitative estimate of drug-likeness (QED) is 0.0517. The van der Waals surface area contributed by atoms with Gasteiger partial charge in [-0.3, -0.25) is 48.2 Å². The average Bonchev–Trinajstić information content (AvgIpc) is 3.42. The summed E-state index contributed by atoms with van der Waals surface area (Å²) < 4.78 is 0. The molecule has 3 aromatic rings. The van der Waals surface area contributed by atoms with E-state index in [0.717, 1.165) is 16.7 Å². The molecule has 1 aliphatic rings. The van der Waals surface area contributed by atoms with E-state index in [1.807, 2.05) is 0 Å². The van der Waals surface area contributed by atoms with Crippen molar-refractivity contribution in [1.82, 2.24) is 46.1 Å². The zero-order valence-electron chi connectivity index (χ0n) is 31.1. The van der Waals surface area contributed by atoms with Crippen LogP contribution in [0.1, 0.15) is 48.7 Å². The molecule has 58 heavy (non-hydrogen) atoms. The number of carboxylic acids is 2. The van der Waals surface area contributed by atoms with E-state index in [2.05, 4.69) is 46.5 Å². The Labute approximate surface area is 332 Å². The summed E-state index contributed by atoms with van der Waals surface area (Å²) >= 11 is 0.828. The van der Waals surface area contributed by atoms with Crippen molar-refractivity contribution in [1.29, 1.82) is 0 Å². The maximum Gasteiger partial charge on any atom is 0.327 e. The van der Waals surface area contributed by atoms with Gasteiger partial charge >= 0.3 is 11.9 Å². The first-order valence-corrected chi connectivity index (χ1v) is 18.6. The maximum absolute atomic E-state index is 13.0. The number of H-pyrrole nitrogens is 1. The first-order chi connectivity index (χ1) is 27.4. The average molecular weight is 827 g/mol. The van der Waals surface area contributed by atoms with Crippen LogP contribution in [-0.4, -0.2) is 131 Å². The molecule has 1 aromatic carbocycles. The predicted molar refractivity (Wildman–Crippen MR) is 206 cm³/mol. The lowest BCUT2D eigenvalue weighted by Gasteiger charge is -2.23. The third-order valence-electron chi connectivity index (χ3n) is 8.61. The van der Waals surface area contributed by atoms with Crippen LogP contribution >= 0.6 is 11.8 Å². The fourth-order valence-electron chi connectivity index (χ4n) is 5.38. The largest absolute Gasteiger partial charge is 0.481 e. The minimum absolute atomic E-state index is 0.0381. The van der Waals surface area contributed by atoms with E-state index in [1.54, 1.807) is 31.2 Å². The van der Waals surface area contributed by atoms with Crippen LogP contribution in [0.15, 0.2) is 35.3 Å². The summed E-state index contributed by atoms with van der Waals surface area (Å²) in [5.41, 5.74) is 12.3. The number of likely N-dealkylation sites (tertiary alicyclic amines) is 1. The lowest BCUT2D eigenvalue weighted by molar-refractivity contribution is -0.143. The molecule has 1 fully saturated rings. The molecule has 0 saturated carbocycles. The van der Waals surface area contributed by atoms with Crippen LogP contribution in [0.5, 0.6) is 0 Å². The predicted octanol–water partition coefficient (Wildman–Crippen LogP) is -2.73. The van der Waals surface area contributed by atoms with E-state index in [4.69, 9.17) is 11.5 Å². The van der Waals surface area contributed by atoms with Gasteiger partial charge in [0.2, 0.25) is 35.5 Å². The number of benzene rings is 1. The minimum Gasteiger partial charge on any atom is -0.481 e. The lowest BCUT2D eigenvalue weighted by Crippen LogP contribution is -2.58. The van der Waals surface area contributed by atoms with Crippen LogP contribution in [0.25, 0.3) is 11.2 Å². The number of nitrogen functional groups attached to an aromatic ring is 1. The third-order valence-corrected chi connectivity index (χ3v) is 9.90. The fourth-order valence-corrected chi connectivity index (χ4v) is 6.59. The van der Waals surface area contributed by atoms with E-state index in [0.29, 0.717) is 16.9 Å². The van der Waals surface area contributed by atoms with Gasteiger partial charge in [0, 0.05) is 49.5 Å². The number of imide groups is 1. The first kappa shape index (κ1) is 44.0. The van der Waals surface area contributed by atoms with E-state index >= 15 is 0 Å². The zero-order chi connectivity index (χ0) is 42.7. The van der Waals surface area contributed by atoms with Crippen molar-refractivity contribution in [3.05, 3.63) is 52.1 Å². The molecule has 1 saturated heterocycles. The summed E-state index contributed by atoms with van der Waals surface area (Å²) in [6.07, 6.45) is 0.329. The number of anilines is 2. The summed E-state index contributed by atoms with van der Waals surface area (Å²) in [7, 11) is 1.29. The molecule has 5 atom stereocenters. The molecule has 0 aliphatic carbocycles. The number of carbonyl (C=O) groups is 8. The molecule has 2 aromatic heterocycles. The minimum atomic E-state index is -1.77. The summed E-state index contributed by atoms with van der Waals surface area (Å²) in [6.45, 7) is 1.43. The Morgan fingerprint density at radius 1 is 0.966 bits per heavy atom. The first-order valence-electron chi connectivity index (χ1n) is 17.6. The molecule has 0 bridgehead atoms. The van der Waals surface area contributed by atoms with Crippen LogP contribution in [0.3, 0.4) is 0 Å². The van der Waals surface area contributed by atoms with Gasteiger partial charge in [0.15, 0.2) is 11.2 Å². The number of rotatable bonds is 20. The second-order valence-electron chi connectivity index (χ2n) is 13.1. The number of aliphatic carboxylic acids is 2. The number of hydrogen-bond acceptors (Lipinski definition) is 16. The van der Waals surface area contributed by atoms with Crippen LogP contribution in [-0.2, 0) is 40.1 Å². The molecule has 23 nitrogen and oxygen atoms in total. The maximum atomic E-state index is 13.0. The fraction of sp³-hybridized carbons (Fsp3) is 0.412. The number of thioether (sulfide) groups is 1. The van der Waals surface area contributed by atoms with Crippen molar-refractivity contribution in [3.8, 4) is 0 Å². The monoisotopic (exact) mass is 826 g/mol.